The molecule has 0 aromatic carbocycles. The number of carbonyl (C=O) groups is 2. The van der Waals surface area contributed by atoms with Crippen molar-refractivity contribution in [3.05, 3.63) is 0 Å². The van der Waals surface area contributed by atoms with Gasteiger partial charge >= 0.3 is 0 Å². The third-order valence-corrected chi connectivity index (χ3v) is 4.28. The van der Waals surface area contributed by atoms with Crippen LogP contribution in [0.15, 0.2) is 0 Å². The Kier molecular flexibility index (Phi) is 4.99. The van der Waals surface area contributed by atoms with Crippen LogP contribution in [-0.4, -0.2) is 73.6 Å². The Morgan fingerprint density at radius 2 is 1.80 bits per heavy atom. The molecule has 2 rings (SSSR count). The van der Waals surface area contributed by atoms with E-state index in [1.165, 1.54) is 7.11 Å². The largest absolute Gasteiger partial charge is 0.375 e. The van der Waals surface area contributed by atoms with Gasteiger partial charge in [-0.25, -0.2) is 0 Å². The van der Waals surface area contributed by atoms with Crippen molar-refractivity contribution in [2.24, 2.45) is 0 Å². The van der Waals surface area contributed by atoms with E-state index in [1.807, 2.05) is 11.8 Å². The molecule has 6 nitrogen and oxygen atoms in total. The molecule has 114 valence electrons. The highest BCUT2D eigenvalue weighted by atomic mass is 16.5. The van der Waals surface area contributed by atoms with Gasteiger partial charge in [0.05, 0.1) is 5.54 Å². The fraction of sp³-hybridized carbons (Fsp3) is 0.857. The van der Waals surface area contributed by atoms with E-state index in [2.05, 4.69) is 5.32 Å². The Labute approximate surface area is 120 Å². The van der Waals surface area contributed by atoms with E-state index < -0.39 is 5.54 Å². The molecular weight excluding hydrogens is 258 g/mol. The molecule has 2 heterocycles. The number of methoxy groups -OCH3 is 1. The van der Waals surface area contributed by atoms with Crippen molar-refractivity contribution in [2.75, 3.05) is 46.4 Å². The lowest BCUT2D eigenvalue weighted by Crippen LogP contribution is -2.61. The smallest absolute Gasteiger partial charge is 0.248 e. The predicted octanol–water partition coefficient (Wildman–Crippen LogP) is -0.164. The zero-order valence-corrected chi connectivity index (χ0v) is 12.5. The second kappa shape index (κ2) is 6.54. The Hall–Kier alpha value is -1.14. The van der Waals surface area contributed by atoms with Crippen LogP contribution in [0.25, 0.3) is 0 Å². The maximum absolute atomic E-state index is 12.6. The van der Waals surface area contributed by atoms with Gasteiger partial charge < -0.3 is 19.9 Å². The van der Waals surface area contributed by atoms with Crippen molar-refractivity contribution in [1.82, 2.24) is 15.1 Å². The number of hydrogen-bond donors (Lipinski definition) is 1. The quantitative estimate of drug-likeness (QED) is 0.781. The lowest BCUT2D eigenvalue weighted by atomic mass is 9.89. The standard InChI is InChI=1S/C14H25N3O3/c1-14(5-3-4-6-15-14)13(19)17-9-7-16(8-10-17)12(18)11-20-2/h15H,3-11H2,1-2H3. The lowest BCUT2D eigenvalue weighted by molar-refractivity contribution is -0.145. The summed E-state index contributed by atoms with van der Waals surface area (Å²) in [6.07, 6.45) is 3.14. The van der Waals surface area contributed by atoms with Crippen molar-refractivity contribution in [3.63, 3.8) is 0 Å². The van der Waals surface area contributed by atoms with Crippen LogP contribution in [0.2, 0.25) is 0 Å². The van der Waals surface area contributed by atoms with E-state index in [9.17, 15) is 9.59 Å². The number of ether oxygens (including phenoxy) is 1. The first kappa shape index (κ1) is 15.3. The molecule has 2 amide bonds. The number of carbonyl (C=O) groups excluding carboxylic acids is 2. The molecule has 2 saturated heterocycles. The second-order valence-corrected chi connectivity index (χ2v) is 5.82. The molecule has 0 bridgehead atoms. The molecule has 0 aromatic heterocycles. The number of piperidine rings is 1. The van der Waals surface area contributed by atoms with Crippen LogP contribution >= 0.6 is 0 Å². The van der Waals surface area contributed by atoms with Crippen LogP contribution < -0.4 is 5.32 Å². The summed E-state index contributed by atoms with van der Waals surface area (Å²) in [5.74, 6) is 0.178. The third kappa shape index (κ3) is 3.30. The van der Waals surface area contributed by atoms with Crippen LogP contribution in [-0.2, 0) is 14.3 Å². The van der Waals surface area contributed by atoms with Gasteiger partial charge in [-0.15, -0.1) is 0 Å². The molecule has 0 radical (unpaired) electrons. The molecule has 1 N–H and O–H groups in total. The summed E-state index contributed by atoms with van der Waals surface area (Å²) in [5.41, 5.74) is -0.420. The maximum atomic E-state index is 12.6. The minimum atomic E-state index is -0.420. The van der Waals surface area contributed by atoms with Crippen LogP contribution in [0.5, 0.6) is 0 Å². The lowest BCUT2D eigenvalue weighted by Gasteiger charge is -2.41. The highest BCUT2D eigenvalue weighted by Crippen LogP contribution is 2.22. The normalized spacial score (nSPS) is 27.5. The number of amides is 2. The molecular formula is C14H25N3O3. The summed E-state index contributed by atoms with van der Waals surface area (Å²) >= 11 is 0. The van der Waals surface area contributed by atoms with E-state index in [0.717, 1.165) is 25.8 Å². The minimum absolute atomic E-state index is 0.00148. The van der Waals surface area contributed by atoms with Crippen molar-refractivity contribution in [1.29, 1.82) is 0 Å². The summed E-state index contributed by atoms with van der Waals surface area (Å²) in [4.78, 5) is 28.0. The van der Waals surface area contributed by atoms with Crippen molar-refractivity contribution < 1.29 is 14.3 Å². The molecule has 1 atom stereocenters. The van der Waals surface area contributed by atoms with Gasteiger partial charge in [0.15, 0.2) is 0 Å². The monoisotopic (exact) mass is 283 g/mol. The summed E-state index contributed by atoms with van der Waals surface area (Å²) in [5, 5.41) is 3.36. The second-order valence-electron chi connectivity index (χ2n) is 5.82. The molecule has 2 aliphatic heterocycles. The Bertz CT molecular complexity index is 359. The molecule has 2 aliphatic rings. The fourth-order valence-corrected chi connectivity index (χ4v) is 2.96. The first-order chi connectivity index (χ1) is 9.57. The van der Waals surface area contributed by atoms with Crippen LogP contribution in [0, 0.1) is 0 Å². The first-order valence-corrected chi connectivity index (χ1v) is 7.38. The molecule has 1 unspecified atom stereocenters. The SMILES string of the molecule is COCC(=O)N1CCN(C(=O)C2(C)CCCCN2)CC1. The molecule has 2 fully saturated rings. The average Bonchev–Trinajstić information content (AvgIpc) is 2.48. The number of rotatable bonds is 3. The van der Waals surface area contributed by atoms with E-state index in [-0.39, 0.29) is 18.4 Å². The molecule has 0 aliphatic carbocycles. The van der Waals surface area contributed by atoms with E-state index in [4.69, 9.17) is 4.74 Å². The summed E-state index contributed by atoms with van der Waals surface area (Å²) in [6.45, 7) is 5.46. The van der Waals surface area contributed by atoms with Gasteiger partial charge in [0, 0.05) is 33.3 Å². The molecule has 0 spiro atoms. The van der Waals surface area contributed by atoms with Gasteiger partial charge in [-0.3, -0.25) is 9.59 Å². The topological polar surface area (TPSA) is 61.9 Å². The number of nitrogens with zero attached hydrogens (tertiary/aromatic N) is 2. The number of piperazine rings is 1. The molecule has 0 saturated carbocycles. The number of hydrogen-bond acceptors (Lipinski definition) is 4. The highest BCUT2D eigenvalue weighted by molar-refractivity contribution is 5.86. The van der Waals surface area contributed by atoms with Crippen LogP contribution in [0.1, 0.15) is 26.2 Å². The van der Waals surface area contributed by atoms with Crippen molar-refractivity contribution >= 4 is 11.8 Å². The first-order valence-electron chi connectivity index (χ1n) is 7.38. The van der Waals surface area contributed by atoms with Crippen molar-refractivity contribution in [2.45, 2.75) is 31.7 Å². The zero-order valence-electron chi connectivity index (χ0n) is 12.5. The third-order valence-electron chi connectivity index (χ3n) is 4.28. The Balaban J connectivity index is 1.87. The van der Waals surface area contributed by atoms with Gasteiger partial charge in [0.2, 0.25) is 11.8 Å². The Morgan fingerprint density at radius 3 is 2.35 bits per heavy atom. The predicted molar refractivity (Wildman–Crippen MR) is 75.3 cm³/mol. The van der Waals surface area contributed by atoms with Gasteiger partial charge in [0.1, 0.15) is 6.61 Å². The molecule has 6 heteroatoms. The Morgan fingerprint density at radius 1 is 1.15 bits per heavy atom. The summed E-state index contributed by atoms with van der Waals surface area (Å²) < 4.78 is 4.86. The van der Waals surface area contributed by atoms with E-state index in [0.29, 0.717) is 26.2 Å². The van der Waals surface area contributed by atoms with Crippen LogP contribution in [0.3, 0.4) is 0 Å². The van der Waals surface area contributed by atoms with Crippen molar-refractivity contribution in [3.8, 4) is 0 Å². The molecule has 20 heavy (non-hydrogen) atoms. The average molecular weight is 283 g/mol. The van der Waals surface area contributed by atoms with Gasteiger partial charge in [-0.1, -0.05) is 0 Å². The van der Waals surface area contributed by atoms with E-state index in [1.54, 1.807) is 4.90 Å². The van der Waals surface area contributed by atoms with Gasteiger partial charge in [0.25, 0.3) is 0 Å². The number of nitrogens with one attached hydrogen (secondary N) is 1. The van der Waals surface area contributed by atoms with E-state index >= 15 is 0 Å². The minimum Gasteiger partial charge on any atom is -0.375 e. The fourth-order valence-electron chi connectivity index (χ4n) is 2.96. The summed E-state index contributed by atoms with van der Waals surface area (Å²) in [7, 11) is 1.52. The van der Waals surface area contributed by atoms with Gasteiger partial charge in [-0.2, -0.15) is 0 Å². The maximum Gasteiger partial charge on any atom is 0.248 e. The summed E-state index contributed by atoms with van der Waals surface area (Å²) in [6, 6.07) is 0. The molecule has 0 aromatic rings. The van der Waals surface area contributed by atoms with Gasteiger partial charge in [-0.05, 0) is 32.7 Å². The zero-order chi connectivity index (χ0) is 14.6. The highest BCUT2D eigenvalue weighted by Gasteiger charge is 2.38. The van der Waals surface area contributed by atoms with Crippen LogP contribution in [0.4, 0.5) is 0 Å².